The van der Waals surface area contributed by atoms with Crippen LogP contribution in [-0.4, -0.2) is 24.4 Å². The van der Waals surface area contributed by atoms with Crippen LogP contribution in [0.1, 0.15) is 130 Å². The second-order valence-corrected chi connectivity index (χ2v) is 8.44. The Hall–Kier alpha value is -1.06. The van der Waals surface area contributed by atoms with Crippen molar-refractivity contribution in [3.63, 3.8) is 0 Å². The van der Waals surface area contributed by atoms with Gasteiger partial charge < -0.3 is 10.6 Å². The molecule has 0 aliphatic rings. The van der Waals surface area contributed by atoms with E-state index in [0.717, 1.165) is 32.2 Å². The number of hydrogen-bond acceptors (Lipinski definition) is 2. The van der Waals surface area contributed by atoms with E-state index < -0.39 is 0 Å². The molecule has 0 heterocycles. The molecule has 0 aliphatic heterocycles. The summed E-state index contributed by atoms with van der Waals surface area (Å²) >= 11 is 0. The summed E-state index contributed by atoms with van der Waals surface area (Å²) in [6, 6.07) is 0.221. The Morgan fingerprint density at radius 1 is 0.714 bits per heavy atom. The smallest absolute Gasteiger partial charge is 0.219 e. The van der Waals surface area contributed by atoms with Crippen LogP contribution in [0, 0.1) is 0 Å². The zero-order valence-electron chi connectivity index (χ0n) is 19.1. The van der Waals surface area contributed by atoms with Crippen molar-refractivity contribution in [2.75, 3.05) is 6.54 Å². The molecule has 0 aromatic heterocycles. The maximum absolute atomic E-state index is 11.8. The molecule has 0 rings (SSSR count). The zero-order valence-corrected chi connectivity index (χ0v) is 19.1. The largest absolute Gasteiger partial charge is 0.356 e. The van der Waals surface area contributed by atoms with E-state index >= 15 is 0 Å². The van der Waals surface area contributed by atoms with E-state index in [1.54, 1.807) is 6.92 Å². The fourth-order valence-electron chi connectivity index (χ4n) is 3.61. The minimum atomic E-state index is 0.0265. The van der Waals surface area contributed by atoms with Crippen LogP contribution in [-0.2, 0) is 9.59 Å². The van der Waals surface area contributed by atoms with Crippen LogP contribution in [0.2, 0.25) is 0 Å². The molecule has 0 saturated heterocycles. The van der Waals surface area contributed by atoms with Crippen LogP contribution in [0.3, 0.4) is 0 Å². The summed E-state index contributed by atoms with van der Waals surface area (Å²) in [5, 5.41) is 5.90. The van der Waals surface area contributed by atoms with Crippen LogP contribution in [0.5, 0.6) is 0 Å². The number of rotatable bonds is 20. The molecule has 2 amide bonds. The molecule has 4 heteroatoms. The average Bonchev–Trinajstić information content (AvgIpc) is 2.64. The fraction of sp³-hybridized carbons (Fsp3) is 0.917. The first kappa shape index (κ1) is 26.9. The van der Waals surface area contributed by atoms with Gasteiger partial charge in [-0.3, -0.25) is 9.59 Å². The normalized spacial score (nSPS) is 12.0. The number of amides is 2. The molecular formula is C24H48N2O2. The van der Waals surface area contributed by atoms with Gasteiger partial charge >= 0.3 is 0 Å². The average molecular weight is 397 g/mol. The van der Waals surface area contributed by atoms with Crippen LogP contribution in [0.25, 0.3) is 0 Å². The zero-order chi connectivity index (χ0) is 20.9. The standard InChI is InChI=1S/C24H48N2O2/c1-4-5-6-7-8-9-10-11-12-13-14-15-16-20-24(28)25-21-18-17-19-22(2)26-23(3)27/h22H,4-21H2,1-3H3,(H,25,28)(H,26,27)/t22-/m1/s1. The van der Waals surface area contributed by atoms with E-state index in [1.807, 2.05) is 6.92 Å². The Bertz CT molecular complexity index is 372. The first-order chi connectivity index (χ1) is 13.6. The first-order valence-electron chi connectivity index (χ1n) is 12.1. The molecule has 0 radical (unpaired) electrons. The van der Waals surface area contributed by atoms with Crippen molar-refractivity contribution < 1.29 is 9.59 Å². The lowest BCUT2D eigenvalue weighted by atomic mass is 10.0. The SMILES string of the molecule is CCCCCCCCCCCCCCCC(=O)NCCCC[C@@H](C)NC(C)=O. The maximum atomic E-state index is 11.8. The highest BCUT2D eigenvalue weighted by atomic mass is 16.2. The Morgan fingerprint density at radius 3 is 1.71 bits per heavy atom. The molecule has 0 fully saturated rings. The summed E-state index contributed by atoms with van der Waals surface area (Å²) in [4.78, 5) is 22.7. The van der Waals surface area contributed by atoms with Gasteiger partial charge in [0.05, 0.1) is 0 Å². The van der Waals surface area contributed by atoms with E-state index in [1.165, 1.54) is 77.0 Å². The predicted octanol–water partition coefficient (Wildman–Crippen LogP) is 6.28. The van der Waals surface area contributed by atoms with Crippen molar-refractivity contribution >= 4 is 11.8 Å². The molecule has 1 atom stereocenters. The minimum absolute atomic E-state index is 0.0265. The third kappa shape index (κ3) is 21.2. The van der Waals surface area contributed by atoms with Gasteiger partial charge in [0.2, 0.25) is 11.8 Å². The maximum Gasteiger partial charge on any atom is 0.219 e. The van der Waals surface area contributed by atoms with Crippen LogP contribution >= 0.6 is 0 Å². The molecule has 0 aromatic carbocycles. The van der Waals surface area contributed by atoms with Crippen molar-refractivity contribution in [3.05, 3.63) is 0 Å². The highest BCUT2D eigenvalue weighted by Gasteiger charge is 2.04. The Morgan fingerprint density at radius 2 is 1.21 bits per heavy atom. The summed E-state index contributed by atoms with van der Waals surface area (Å²) in [6.07, 6.45) is 21.0. The number of hydrogen-bond donors (Lipinski definition) is 2. The molecule has 0 bridgehead atoms. The van der Waals surface area contributed by atoms with Crippen molar-refractivity contribution in [3.8, 4) is 0 Å². The highest BCUT2D eigenvalue weighted by Crippen LogP contribution is 2.12. The van der Waals surface area contributed by atoms with Gasteiger partial charge in [0.1, 0.15) is 0 Å². The van der Waals surface area contributed by atoms with Gasteiger partial charge in [-0.2, -0.15) is 0 Å². The molecule has 0 spiro atoms. The van der Waals surface area contributed by atoms with Crippen LogP contribution in [0.15, 0.2) is 0 Å². The van der Waals surface area contributed by atoms with Crippen molar-refractivity contribution in [1.82, 2.24) is 10.6 Å². The van der Waals surface area contributed by atoms with E-state index in [0.29, 0.717) is 6.42 Å². The van der Waals surface area contributed by atoms with Crippen LogP contribution < -0.4 is 10.6 Å². The molecule has 4 nitrogen and oxygen atoms in total. The van der Waals surface area contributed by atoms with Crippen molar-refractivity contribution in [2.24, 2.45) is 0 Å². The van der Waals surface area contributed by atoms with Gasteiger partial charge in [-0.25, -0.2) is 0 Å². The molecule has 166 valence electrons. The lowest BCUT2D eigenvalue weighted by Crippen LogP contribution is -2.30. The number of carbonyl (C=O) groups is 2. The molecule has 0 aromatic rings. The minimum Gasteiger partial charge on any atom is -0.356 e. The predicted molar refractivity (Wildman–Crippen MR) is 120 cm³/mol. The van der Waals surface area contributed by atoms with E-state index in [2.05, 4.69) is 17.6 Å². The summed E-state index contributed by atoms with van der Waals surface area (Å²) in [5.74, 6) is 0.219. The lowest BCUT2D eigenvalue weighted by Gasteiger charge is -2.12. The molecular weight excluding hydrogens is 348 g/mol. The molecule has 0 saturated carbocycles. The second kappa shape index (κ2) is 20.7. The second-order valence-electron chi connectivity index (χ2n) is 8.44. The van der Waals surface area contributed by atoms with E-state index in [9.17, 15) is 9.59 Å². The number of unbranched alkanes of at least 4 members (excludes halogenated alkanes) is 13. The van der Waals surface area contributed by atoms with Gasteiger partial charge in [-0.1, -0.05) is 84.0 Å². The number of carbonyl (C=O) groups excluding carboxylic acids is 2. The Kier molecular flexibility index (Phi) is 19.9. The molecule has 2 N–H and O–H groups in total. The van der Waals surface area contributed by atoms with Gasteiger partial charge in [0.15, 0.2) is 0 Å². The molecule has 0 unspecified atom stereocenters. The topological polar surface area (TPSA) is 58.2 Å². The van der Waals surface area contributed by atoms with Crippen LogP contribution in [0.4, 0.5) is 0 Å². The van der Waals surface area contributed by atoms with E-state index in [4.69, 9.17) is 0 Å². The highest BCUT2D eigenvalue weighted by molar-refractivity contribution is 5.75. The summed E-state index contributed by atoms with van der Waals surface area (Å²) in [6.45, 7) is 6.60. The van der Waals surface area contributed by atoms with Gasteiger partial charge in [-0.15, -0.1) is 0 Å². The third-order valence-electron chi connectivity index (χ3n) is 5.34. The van der Waals surface area contributed by atoms with Gasteiger partial charge in [0, 0.05) is 25.9 Å². The monoisotopic (exact) mass is 396 g/mol. The fourth-order valence-corrected chi connectivity index (χ4v) is 3.61. The van der Waals surface area contributed by atoms with Gasteiger partial charge in [-0.05, 0) is 32.6 Å². The number of nitrogens with one attached hydrogen (secondary N) is 2. The lowest BCUT2D eigenvalue weighted by molar-refractivity contribution is -0.121. The summed E-state index contributed by atoms with van der Waals surface area (Å²) in [7, 11) is 0. The molecule has 0 aliphatic carbocycles. The first-order valence-corrected chi connectivity index (χ1v) is 12.1. The third-order valence-corrected chi connectivity index (χ3v) is 5.34. The summed E-state index contributed by atoms with van der Waals surface area (Å²) in [5.41, 5.74) is 0. The Labute approximate surface area is 175 Å². The molecule has 28 heavy (non-hydrogen) atoms. The Balaban J connectivity index is 3.24. The van der Waals surface area contributed by atoms with Crippen molar-refractivity contribution in [2.45, 2.75) is 136 Å². The van der Waals surface area contributed by atoms with Crippen molar-refractivity contribution in [1.29, 1.82) is 0 Å². The van der Waals surface area contributed by atoms with Gasteiger partial charge in [0.25, 0.3) is 0 Å². The van der Waals surface area contributed by atoms with E-state index in [-0.39, 0.29) is 17.9 Å². The quantitative estimate of drug-likeness (QED) is 0.238. The summed E-state index contributed by atoms with van der Waals surface area (Å²) < 4.78 is 0.